The molecular weight excluding hydrogens is 168 g/mol. The second-order valence-corrected chi connectivity index (χ2v) is 4.38. The lowest BCUT2D eigenvalue weighted by molar-refractivity contribution is -0.128. The van der Waals surface area contributed by atoms with E-state index in [1.807, 2.05) is 13.8 Å². The van der Waals surface area contributed by atoms with Gasteiger partial charge in [-0.2, -0.15) is 0 Å². The van der Waals surface area contributed by atoms with Gasteiger partial charge in [-0.15, -0.1) is 0 Å². The Balaban J connectivity index is 2.40. The third kappa shape index (κ3) is 2.20. The highest BCUT2D eigenvalue weighted by molar-refractivity contribution is 5.88. The van der Waals surface area contributed by atoms with E-state index >= 15 is 0 Å². The largest absolute Gasteiger partial charge is 0.368 e. The molecule has 0 aromatic rings. The lowest BCUT2D eigenvalue weighted by Crippen LogP contribution is -2.43. The molecule has 0 aromatic heterocycles. The maximum absolute atomic E-state index is 11.4. The van der Waals surface area contributed by atoms with Gasteiger partial charge in [0.1, 0.15) is 6.04 Å². The molecule has 0 bridgehead atoms. The smallest absolute Gasteiger partial charge is 0.239 e. The highest BCUT2D eigenvalue weighted by Gasteiger charge is 2.50. The summed E-state index contributed by atoms with van der Waals surface area (Å²) >= 11 is 0. The average Bonchev–Trinajstić information content (AvgIpc) is 2.59. The summed E-state index contributed by atoms with van der Waals surface area (Å²) in [6.45, 7) is 5.66. The molecule has 0 spiro atoms. The number of nitrogens with two attached hydrogens (primary N) is 1. The fraction of sp³-hybridized carbons (Fsp3) is 0.778. The molecule has 0 radical (unpaired) electrons. The normalized spacial score (nSPS) is 26.2. The molecule has 0 saturated heterocycles. The summed E-state index contributed by atoms with van der Waals surface area (Å²) in [5.74, 6) is -0.502. The van der Waals surface area contributed by atoms with Crippen LogP contribution in [-0.4, -0.2) is 17.9 Å². The predicted octanol–water partition coefficient (Wildman–Crippen LogP) is 0.0225. The van der Waals surface area contributed by atoms with Gasteiger partial charge in [-0.05, 0) is 18.8 Å². The van der Waals surface area contributed by atoms with Gasteiger partial charge in [-0.1, -0.05) is 13.8 Å². The summed E-state index contributed by atoms with van der Waals surface area (Å²) in [7, 11) is 0. The molecule has 1 aliphatic carbocycles. The van der Waals surface area contributed by atoms with Gasteiger partial charge in [0.15, 0.2) is 0 Å². The zero-order valence-corrected chi connectivity index (χ0v) is 8.26. The van der Waals surface area contributed by atoms with Crippen LogP contribution in [0.5, 0.6) is 0 Å². The fourth-order valence-corrected chi connectivity index (χ4v) is 1.30. The minimum atomic E-state index is -0.566. The first-order chi connectivity index (χ1) is 5.84. The average molecular weight is 184 g/mol. The van der Waals surface area contributed by atoms with Gasteiger partial charge in [0.05, 0.1) is 0 Å². The molecule has 2 amide bonds. The monoisotopic (exact) mass is 184 g/mol. The Morgan fingerprint density at radius 1 is 1.54 bits per heavy atom. The summed E-state index contributed by atoms with van der Waals surface area (Å²) in [6, 6.07) is -0.566. The Kier molecular flexibility index (Phi) is 2.32. The van der Waals surface area contributed by atoms with E-state index in [1.165, 1.54) is 0 Å². The quantitative estimate of drug-likeness (QED) is 0.649. The van der Waals surface area contributed by atoms with Crippen LogP contribution in [0.2, 0.25) is 0 Å². The Hall–Kier alpha value is -1.06. The Labute approximate surface area is 77.9 Å². The van der Waals surface area contributed by atoms with Crippen LogP contribution in [0, 0.1) is 11.3 Å². The zero-order valence-electron chi connectivity index (χ0n) is 8.26. The molecular formula is C9H16N2O2. The van der Waals surface area contributed by atoms with Crippen LogP contribution in [0.4, 0.5) is 0 Å². The maximum atomic E-state index is 11.4. The number of carbonyl (C=O) groups is 2. The molecule has 4 heteroatoms. The third-order valence-electron chi connectivity index (χ3n) is 2.62. The number of carbonyl (C=O) groups excluding carboxylic acids is 2. The van der Waals surface area contributed by atoms with Crippen molar-refractivity contribution in [2.45, 2.75) is 33.2 Å². The second kappa shape index (κ2) is 3.01. The van der Waals surface area contributed by atoms with E-state index < -0.39 is 11.9 Å². The number of hydrogen-bond donors (Lipinski definition) is 2. The number of amides is 2. The summed E-state index contributed by atoms with van der Waals surface area (Å²) in [5, 5.41) is 2.58. The fourth-order valence-electron chi connectivity index (χ4n) is 1.30. The van der Waals surface area contributed by atoms with Crippen LogP contribution in [0.25, 0.3) is 0 Å². The van der Waals surface area contributed by atoms with Gasteiger partial charge in [0.2, 0.25) is 11.8 Å². The molecule has 13 heavy (non-hydrogen) atoms. The lowest BCUT2D eigenvalue weighted by Gasteiger charge is -2.10. The Morgan fingerprint density at radius 2 is 2.00 bits per heavy atom. The number of rotatable bonds is 3. The molecule has 1 rings (SSSR count). The highest BCUT2D eigenvalue weighted by Crippen LogP contribution is 2.51. The van der Waals surface area contributed by atoms with Crippen molar-refractivity contribution in [2.75, 3.05) is 0 Å². The molecule has 3 N–H and O–H groups in total. The van der Waals surface area contributed by atoms with Crippen LogP contribution in [0.15, 0.2) is 0 Å². The van der Waals surface area contributed by atoms with Crippen molar-refractivity contribution < 1.29 is 9.59 Å². The van der Waals surface area contributed by atoms with E-state index in [9.17, 15) is 9.59 Å². The van der Waals surface area contributed by atoms with E-state index in [1.54, 1.807) is 6.92 Å². The Morgan fingerprint density at radius 3 is 2.31 bits per heavy atom. The molecule has 1 saturated carbocycles. The first-order valence-corrected chi connectivity index (χ1v) is 4.44. The minimum absolute atomic E-state index is 0.0503. The second-order valence-electron chi connectivity index (χ2n) is 4.38. The van der Waals surface area contributed by atoms with Crippen LogP contribution >= 0.6 is 0 Å². The van der Waals surface area contributed by atoms with E-state index in [0.29, 0.717) is 0 Å². The van der Waals surface area contributed by atoms with Gasteiger partial charge in [0, 0.05) is 5.92 Å². The highest BCUT2D eigenvalue weighted by atomic mass is 16.2. The summed E-state index contributed by atoms with van der Waals surface area (Å²) in [4.78, 5) is 22.1. The third-order valence-corrected chi connectivity index (χ3v) is 2.62. The van der Waals surface area contributed by atoms with E-state index in [4.69, 9.17) is 5.73 Å². The molecule has 1 fully saturated rings. The number of nitrogens with one attached hydrogen (secondary N) is 1. The van der Waals surface area contributed by atoms with Crippen molar-refractivity contribution in [3.63, 3.8) is 0 Å². The molecule has 74 valence electrons. The van der Waals surface area contributed by atoms with Gasteiger partial charge >= 0.3 is 0 Å². The zero-order chi connectivity index (χ0) is 10.2. The predicted molar refractivity (Wildman–Crippen MR) is 48.7 cm³/mol. The van der Waals surface area contributed by atoms with Crippen molar-refractivity contribution in [1.29, 1.82) is 0 Å². The van der Waals surface area contributed by atoms with Crippen LogP contribution in [0.3, 0.4) is 0 Å². The Bertz CT molecular complexity index is 248. The van der Waals surface area contributed by atoms with Gasteiger partial charge < -0.3 is 11.1 Å². The minimum Gasteiger partial charge on any atom is -0.368 e. The van der Waals surface area contributed by atoms with E-state index in [2.05, 4.69) is 5.32 Å². The number of hydrogen-bond acceptors (Lipinski definition) is 2. The van der Waals surface area contributed by atoms with Crippen molar-refractivity contribution >= 4 is 11.8 Å². The summed E-state index contributed by atoms with van der Waals surface area (Å²) < 4.78 is 0. The first-order valence-electron chi connectivity index (χ1n) is 4.44. The van der Waals surface area contributed by atoms with Crippen LogP contribution in [-0.2, 0) is 9.59 Å². The summed E-state index contributed by atoms with van der Waals surface area (Å²) in [5.41, 5.74) is 5.12. The molecule has 2 atom stereocenters. The van der Waals surface area contributed by atoms with Gasteiger partial charge in [-0.25, -0.2) is 0 Å². The van der Waals surface area contributed by atoms with Gasteiger partial charge in [0.25, 0.3) is 0 Å². The van der Waals surface area contributed by atoms with Crippen LogP contribution < -0.4 is 11.1 Å². The molecule has 0 aromatic carbocycles. The molecule has 0 aliphatic heterocycles. The standard InChI is InChI=1S/C9H16N2O2/c1-5(7(10)12)11-8(13)6-4-9(6,2)3/h5-6H,4H2,1-3H3,(H2,10,12)(H,11,13)/t5-,6?/m1/s1. The summed E-state index contributed by atoms with van der Waals surface area (Å²) in [6.07, 6.45) is 0.893. The van der Waals surface area contributed by atoms with Gasteiger partial charge in [-0.3, -0.25) is 9.59 Å². The van der Waals surface area contributed by atoms with Crippen molar-refractivity contribution in [2.24, 2.45) is 17.1 Å². The van der Waals surface area contributed by atoms with Crippen molar-refractivity contribution in [3.05, 3.63) is 0 Å². The molecule has 1 unspecified atom stereocenters. The van der Waals surface area contributed by atoms with E-state index in [-0.39, 0.29) is 17.2 Å². The maximum Gasteiger partial charge on any atom is 0.239 e. The number of primary amides is 1. The van der Waals surface area contributed by atoms with Crippen molar-refractivity contribution in [1.82, 2.24) is 5.32 Å². The van der Waals surface area contributed by atoms with Crippen molar-refractivity contribution in [3.8, 4) is 0 Å². The van der Waals surface area contributed by atoms with Crippen LogP contribution in [0.1, 0.15) is 27.2 Å². The van der Waals surface area contributed by atoms with E-state index in [0.717, 1.165) is 6.42 Å². The first kappa shape index (κ1) is 10.0. The molecule has 1 aliphatic rings. The molecule has 0 heterocycles. The topological polar surface area (TPSA) is 72.2 Å². The molecule has 4 nitrogen and oxygen atoms in total. The lowest BCUT2D eigenvalue weighted by atomic mass is 10.1. The SMILES string of the molecule is C[C@@H](NC(=O)C1CC1(C)C)C(N)=O.